The van der Waals surface area contributed by atoms with Gasteiger partial charge >= 0.3 is 0 Å². The fourth-order valence-electron chi connectivity index (χ4n) is 1.86. The van der Waals surface area contributed by atoms with Crippen molar-refractivity contribution in [3.63, 3.8) is 0 Å². The Kier molecular flexibility index (Phi) is 6.00. The zero-order valence-electron chi connectivity index (χ0n) is 13.6. The summed E-state index contributed by atoms with van der Waals surface area (Å²) in [4.78, 5) is 17.8. The van der Waals surface area contributed by atoms with Crippen LogP contribution >= 0.6 is 34.4 Å². The van der Waals surface area contributed by atoms with Gasteiger partial charge in [0, 0.05) is 16.7 Å². The van der Waals surface area contributed by atoms with Gasteiger partial charge in [0.15, 0.2) is 4.34 Å². The van der Waals surface area contributed by atoms with Crippen LogP contribution in [0.3, 0.4) is 0 Å². The van der Waals surface area contributed by atoms with Crippen molar-refractivity contribution >= 4 is 45.5 Å². The van der Waals surface area contributed by atoms with Crippen LogP contribution in [0.1, 0.15) is 29.2 Å². The molecule has 0 aromatic carbocycles. The Morgan fingerprint density at radius 3 is 2.92 bits per heavy atom. The molecule has 3 aromatic heterocycles. The molecule has 0 spiro atoms. The van der Waals surface area contributed by atoms with E-state index in [2.05, 4.69) is 26.6 Å². The molecule has 3 rings (SSSR count). The standard InChI is InChI=1S/C16H16N4O2S3/c1-10(2)22-13-7-3-6-12(17-13)14(21)18-15-19-20-16(25-15)24-9-11-5-4-8-23-11/h3-8,10H,9H2,1-2H3,(H,18,19,21). The molecule has 0 aliphatic rings. The fourth-order valence-corrected chi connectivity index (χ4v) is 4.38. The summed E-state index contributed by atoms with van der Waals surface area (Å²) >= 11 is 4.65. The maximum atomic E-state index is 12.3. The average Bonchev–Trinajstić information content (AvgIpc) is 3.24. The molecule has 3 heterocycles. The summed E-state index contributed by atoms with van der Waals surface area (Å²) in [5.41, 5.74) is 0.279. The van der Waals surface area contributed by atoms with Crippen molar-refractivity contribution in [1.82, 2.24) is 15.2 Å². The Morgan fingerprint density at radius 1 is 1.28 bits per heavy atom. The molecule has 9 heteroatoms. The minimum Gasteiger partial charge on any atom is -0.475 e. The summed E-state index contributed by atoms with van der Waals surface area (Å²) in [7, 11) is 0. The lowest BCUT2D eigenvalue weighted by atomic mass is 10.3. The predicted octanol–water partition coefficient (Wildman–Crippen LogP) is 4.33. The van der Waals surface area contributed by atoms with E-state index in [1.807, 2.05) is 25.3 Å². The van der Waals surface area contributed by atoms with Gasteiger partial charge in [-0.1, -0.05) is 35.2 Å². The van der Waals surface area contributed by atoms with Crippen LogP contribution in [-0.4, -0.2) is 27.2 Å². The molecular formula is C16H16N4O2S3. The van der Waals surface area contributed by atoms with Crippen LogP contribution in [0.25, 0.3) is 0 Å². The molecule has 0 radical (unpaired) electrons. The van der Waals surface area contributed by atoms with Crippen molar-refractivity contribution in [2.24, 2.45) is 0 Å². The summed E-state index contributed by atoms with van der Waals surface area (Å²) < 4.78 is 6.32. The van der Waals surface area contributed by atoms with Gasteiger partial charge in [-0.15, -0.1) is 21.5 Å². The Balaban J connectivity index is 1.59. The van der Waals surface area contributed by atoms with Crippen molar-refractivity contribution < 1.29 is 9.53 Å². The quantitative estimate of drug-likeness (QED) is 0.476. The van der Waals surface area contributed by atoms with E-state index in [0.29, 0.717) is 11.0 Å². The van der Waals surface area contributed by atoms with E-state index in [-0.39, 0.29) is 17.7 Å². The van der Waals surface area contributed by atoms with E-state index in [1.54, 1.807) is 41.3 Å². The number of anilines is 1. The van der Waals surface area contributed by atoms with Crippen molar-refractivity contribution in [2.45, 2.75) is 30.0 Å². The van der Waals surface area contributed by atoms with Gasteiger partial charge in [-0.3, -0.25) is 10.1 Å². The van der Waals surface area contributed by atoms with E-state index in [9.17, 15) is 4.79 Å². The Hall–Kier alpha value is -1.97. The van der Waals surface area contributed by atoms with Crippen molar-refractivity contribution in [3.8, 4) is 5.88 Å². The van der Waals surface area contributed by atoms with Crippen LogP contribution in [0.2, 0.25) is 0 Å². The molecule has 1 amide bonds. The van der Waals surface area contributed by atoms with Gasteiger partial charge in [0.05, 0.1) is 6.10 Å². The molecule has 0 bridgehead atoms. The van der Waals surface area contributed by atoms with Gasteiger partial charge in [0.2, 0.25) is 11.0 Å². The molecule has 0 saturated carbocycles. The number of thioether (sulfide) groups is 1. The number of carbonyl (C=O) groups is 1. The van der Waals surface area contributed by atoms with Gasteiger partial charge in [-0.05, 0) is 31.4 Å². The smallest absolute Gasteiger partial charge is 0.276 e. The highest BCUT2D eigenvalue weighted by molar-refractivity contribution is 8.00. The van der Waals surface area contributed by atoms with Gasteiger partial charge in [-0.25, -0.2) is 4.98 Å². The van der Waals surface area contributed by atoms with Crippen molar-refractivity contribution in [3.05, 3.63) is 46.3 Å². The SMILES string of the molecule is CC(C)Oc1cccc(C(=O)Nc2nnc(SCc3cccs3)s2)n1. The zero-order chi connectivity index (χ0) is 17.6. The maximum Gasteiger partial charge on any atom is 0.276 e. The maximum absolute atomic E-state index is 12.3. The van der Waals surface area contributed by atoms with Gasteiger partial charge in [0.25, 0.3) is 5.91 Å². The number of pyridine rings is 1. The second-order valence-corrected chi connectivity index (χ2v) is 8.46. The summed E-state index contributed by atoms with van der Waals surface area (Å²) in [5.74, 6) is 0.934. The zero-order valence-corrected chi connectivity index (χ0v) is 16.1. The number of nitrogens with zero attached hydrogens (tertiary/aromatic N) is 3. The van der Waals surface area contributed by atoms with Crippen LogP contribution in [-0.2, 0) is 5.75 Å². The first-order valence-electron chi connectivity index (χ1n) is 7.54. The molecule has 0 atom stereocenters. The molecule has 0 aliphatic heterocycles. The second-order valence-electron chi connectivity index (χ2n) is 5.22. The molecule has 0 fully saturated rings. The van der Waals surface area contributed by atoms with E-state index in [0.717, 1.165) is 10.1 Å². The molecule has 25 heavy (non-hydrogen) atoms. The highest BCUT2D eigenvalue weighted by Crippen LogP contribution is 2.29. The van der Waals surface area contributed by atoms with Crippen LogP contribution in [0.4, 0.5) is 5.13 Å². The number of carbonyl (C=O) groups excluding carboxylic acids is 1. The van der Waals surface area contributed by atoms with E-state index < -0.39 is 0 Å². The first-order valence-corrected chi connectivity index (χ1v) is 10.2. The summed E-state index contributed by atoms with van der Waals surface area (Å²) in [5, 5.41) is 13.3. The molecule has 130 valence electrons. The van der Waals surface area contributed by atoms with Crippen LogP contribution in [0.5, 0.6) is 5.88 Å². The van der Waals surface area contributed by atoms with E-state index in [1.165, 1.54) is 16.2 Å². The highest BCUT2D eigenvalue weighted by atomic mass is 32.2. The number of ether oxygens (including phenoxy) is 1. The minimum atomic E-state index is -0.333. The van der Waals surface area contributed by atoms with Gasteiger partial charge < -0.3 is 4.74 Å². The van der Waals surface area contributed by atoms with E-state index in [4.69, 9.17) is 4.74 Å². The number of thiophene rings is 1. The first-order chi connectivity index (χ1) is 12.1. The molecule has 0 aliphatic carbocycles. The number of amides is 1. The second kappa shape index (κ2) is 8.41. The minimum absolute atomic E-state index is 0.00287. The predicted molar refractivity (Wildman–Crippen MR) is 102 cm³/mol. The highest BCUT2D eigenvalue weighted by Gasteiger charge is 2.13. The van der Waals surface area contributed by atoms with E-state index >= 15 is 0 Å². The lowest BCUT2D eigenvalue weighted by Crippen LogP contribution is -2.15. The number of hydrogen-bond donors (Lipinski definition) is 1. The molecule has 0 saturated heterocycles. The third kappa shape index (κ3) is 5.25. The molecule has 0 unspecified atom stereocenters. The Morgan fingerprint density at radius 2 is 2.16 bits per heavy atom. The number of rotatable bonds is 7. The Bertz CT molecular complexity index is 834. The number of aromatic nitrogens is 3. The number of nitrogens with one attached hydrogen (secondary N) is 1. The number of hydrogen-bond acceptors (Lipinski definition) is 8. The van der Waals surface area contributed by atoms with Gasteiger partial charge in [-0.2, -0.15) is 0 Å². The monoisotopic (exact) mass is 392 g/mol. The van der Waals surface area contributed by atoms with Crippen LogP contribution in [0.15, 0.2) is 40.1 Å². The first kappa shape index (κ1) is 17.8. The van der Waals surface area contributed by atoms with Gasteiger partial charge in [0.1, 0.15) is 5.69 Å². The third-order valence-corrected chi connectivity index (χ3v) is 5.94. The fraction of sp³-hybridized carbons (Fsp3) is 0.250. The summed E-state index contributed by atoms with van der Waals surface area (Å²) in [6.45, 7) is 3.82. The molecular weight excluding hydrogens is 376 g/mol. The average molecular weight is 393 g/mol. The molecule has 1 N–H and O–H groups in total. The van der Waals surface area contributed by atoms with Crippen molar-refractivity contribution in [1.29, 1.82) is 0 Å². The lowest BCUT2D eigenvalue weighted by molar-refractivity contribution is 0.102. The lowest BCUT2D eigenvalue weighted by Gasteiger charge is -2.09. The molecule has 6 nitrogen and oxygen atoms in total. The topological polar surface area (TPSA) is 77.0 Å². The van der Waals surface area contributed by atoms with Crippen LogP contribution in [0, 0.1) is 0 Å². The Labute approximate surface area is 157 Å². The largest absolute Gasteiger partial charge is 0.475 e. The third-order valence-electron chi connectivity index (χ3n) is 2.86. The van der Waals surface area contributed by atoms with Crippen molar-refractivity contribution in [2.75, 3.05) is 5.32 Å². The summed E-state index contributed by atoms with van der Waals surface area (Å²) in [6.07, 6.45) is -0.00287. The normalized spacial score (nSPS) is 10.8. The van der Waals surface area contributed by atoms with Crippen LogP contribution < -0.4 is 10.1 Å². The molecule has 3 aromatic rings. The summed E-state index contributed by atoms with van der Waals surface area (Å²) in [6, 6.07) is 9.20.